The van der Waals surface area contributed by atoms with Crippen LogP contribution >= 0.6 is 11.6 Å². The molecule has 29 heavy (non-hydrogen) atoms. The van der Waals surface area contributed by atoms with E-state index in [0.29, 0.717) is 22.2 Å². The highest BCUT2D eigenvalue weighted by Crippen LogP contribution is 2.28. The summed E-state index contributed by atoms with van der Waals surface area (Å²) in [6.45, 7) is 5.48. The van der Waals surface area contributed by atoms with Crippen molar-refractivity contribution < 1.29 is 17.8 Å². The second-order valence-corrected chi connectivity index (χ2v) is 10.0. The van der Waals surface area contributed by atoms with Crippen LogP contribution < -0.4 is 4.72 Å². The van der Waals surface area contributed by atoms with Gasteiger partial charge in [0.15, 0.2) is 0 Å². The van der Waals surface area contributed by atoms with Gasteiger partial charge < -0.3 is 8.97 Å². The van der Waals surface area contributed by atoms with Crippen LogP contribution in [0.4, 0.5) is 8.78 Å². The van der Waals surface area contributed by atoms with E-state index in [2.05, 4.69) is 9.71 Å². The zero-order valence-corrected chi connectivity index (χ0v) is 17.8. The Bertz CT molecular complexity index is 953. The van der Waals surface area contributed by atoms with Gasteiger partial charge in [-0.1, -0.05) is 11.6 Å². The topological polar surface area (TPSA) is 61.1 Å². The van der Waals surface area contributed by atoms with Crippen LogP contribution in [0.15, 0.2) is 53.1 Å². The van der Waals surface area contributed by atoms with E-state index in [1.165, 1.54) is 18.3 Å². The monoisotopic (exact) mass is 438 g/mol. The summed E-state index contributed by atoms with van der Waals surface area (Å²) in [5, 5.41) is 0.591. The van der Waals surface area contributed by atoms with Crippen LogP contribution in [0.1, 0.15) is 38.1 Å². The number of oxazole rings is 1. The number of hydrogen-bond acceptors (Lipinski definition) is 4. The van der Waals surface area contributed by atoms with Gasteiger partial charge >= 0.3 is 0 Å². The fourth-order valence-electron chi connectivity index (χ4n) is 2.64. The Morgan fingerprint density at radius 1 is 1.14 bits per heavy atom. The lowest BCUT2D eigenvalue weighted by molar-refractivity contribution is 0.441. The van der Waals surface area contributed by atoms with Gasteiger partial charge in [-0.3, -0.25) is 0 Å². The van der Waals surface area contributed by atoms with Crippen LogP contribution in [-0.4, -0.2) is 14.3 Å². The molecule has 2 atom stereocenters. The minimum absolute atomic E-state index is 0.172. The fraction of sp³-hybridized carbons (Fsp3) is 0.286. The van der Waals surface area contributed by atoms with Gasteiger partial charge in [0, 0.05) is 28.0 Å². The van der Waals surface area contributed by atoms with Crippen molar-refractivity contribution >= 4 is 23.0 Å². The first-order valence-corrected chi connectivity index (χ1v) is 10.5. The predicted molar refractivity (Wildman–Crippen MR) is 111 cm³/mol. The first-order chi connectivity index (χ1) is 13.6. The van der Waals surface area contributed by atoms with E-state index in [4.69, 9.17) is 16.0 Å². The van der Waals surface area contributed by atoms with Crippen LogP contribution in [0.5, 0.6) is 0 Å². The Kier molecular flexibility index (Phi) is 6.63. The number of hydrogen-bond donors (Lipinski definition) is 1. The molecule has 0 bridgehead atoms. The third-order valence-electron chi connectivity index (χ3n) is 4.13. The van der Waals surface area contributed by atoms with Crippen molar-refractivity contribution in [2.75, 3.05) is 0 Å². The lowest BCUT2D eigenvalue weighted by atomic mass is 10.0. The zero-order valence-electron chi connectivity index (χ0n) is 16.2. The quantitative estimate of drug-likeness (QED) is 0.508. The number of nitrogens with one attached hydrogen (secondary N) is 1. The van der Waals surface area contributed by atoms with Gasteiger partial charge in [-0.15, -0.1) is 4.72 Å². The molecule has 0 aliphatic rings. The molecule has 3 rings (SSSR count). The normalized spacial score (nSPS) is 14.0. The number of rotatable bonds is 6. The van der Waals surface area contributed by atoms with Crippen molar-refractivity contribution in [1.82, 2.24) is 9.71 Å². The summed E-state index contributed by atoms with van der Waals surface area (Å²) < 4.78 is 48.3. The summed E-state index contributed by atoms with van der Waals surface area (Å²) in [5.41, 5.74) is 1.14. The summed E-state index contributed by atoms with van der Waals surface area (Å²) in [7, 11) is 0. The zero-order chi connectivity index (χ0) is 21.2. The van der Waals surface area contributed by atoms with E-state index in [1.807, 2.05) is 20.8 Å². The van der Waals surface area contributed by atoms with Crippen molar-refractivity contribution in [2.45, 2.75) is 38.0 Å². The second kappa shape index (κ2) is 8.83. The van der Waals surface area contributed by atoms with E-state index in [0.717, 1.165) is 11.6 Å². The maximum Gasteiger partial charge on any atom is 0.226 e. The minimum Gasteiger partial charge on any atom is -0.598 e. The molecule has 0 saturated carbocycles. The minimum atomic E-state index is -1.43. The highest BCUT2D eigenvalue weighted by atomic mass is 35.5. The van der Waals surface area contributed by atoms with E-state index in [-0.39, 0.29) is 6.42 Å². The Morgan fingerprint density at radius 3 is 2.34 bits per heavy atom. The van der Waals surface area contributed by atoms with Gasteiger partial charge in [-0.2, -0.15) is 0 Å². The Labute approximate surface area is 176 Å². The lowest BCUT2D eigenvalue weighted by Gasteiger charge is -2.27. The van der Waals surface area contributed by atoms with E-state index in [9.17, 15) is 13.3 Å². The number of nitrogens with zero attached hydrogens (tertiary/aromatic N) is 1. The van der Waals surface area contributed by atoms with Crippen molar-refractivity contribution in [3.63, 3.8) is 0 Å². The van der Waals surface area contributed by atoms with Crippen LogP contribution in [0, 0.1) is 11.6 Å². The molecule has 1 unspecified atom stereocenters. The van der Waals surface area contributed by atoms with Gasteiger partial charge in [0.2, 0.25) is 5.89 Å². The second-order valence-electron chi connectivity index (χ2n) is 7.61. The Morgan fingerprint density at radius 2 is 1.76 bits per heavy atom. The third-order valence-corrected chi connectivity index (χ3v) is 5.99. The highest BCUT2D eigenvalue weighted by Gasteiger charge is 2.31. The molecule has 1 heterocycles. The van der Waals surface area contributed by atoms with Crippen molar-refractivity contribution in [3.8, 4) is 11.5 Å². The molecule has 4 nitrogen and oxygen atoms in total. The number of benzene rings is 2. The summed E-state index contributed by atoms with van der Waals surface area (Å²) in [5.74, 6) is -0.558. The first-order valence-electron chi connectivity index (χ1n) is 8.96. The standard InChI is InChI=1S/C21H21ClF2N2O2S/c1-21(2,3)29(27)26-18(10-13-8-16(23)11-17(24)9-13)19-12-25-20(28-19)14-4-6-15(22)7-5-14/h4-9,11-12,18,26H,10H2,1-3H3/t18?,29-/m0/s1. The number of halogens is 3. The van der Waals surface area contributed by atoms with Crippen molar-refractivity contribution in [1.29, 1.82) is 0 Å². The van der Waals surface area contributed by atoms with Crippen LogP contribution in [0.25, 0.3) is 11.5 Å². The average Bonchev–Trinajstić information content (AvgIpc) is 3.10. The summed E-state index contributed by atoms with van der Waals surface area (Å²) >= 11 is 4.48. The van der Waals surface area contributed by atoms with E-state index >= 15 is 0 Å². The maximum atomic E-state index is 13.6. The molecule has 1 aromatic heterocycles. The molecule has 0 radical (unpaired) electrons. The molecular formula is C21H21ClF2N2O2S. The van der Waals surface area contributed by atoms with E-state index < -0.39 is 33.8 Å². The molecule has 0 spiro atoms. The van der Waals surface area contributed by atoms with Gasteiger partial charge in [-0.05, 0) is 69.2 Å². The molecule has 2 aromatic carbocycles. The molecule has 0 fully saturated rings. The van der Waals surface area contributed by atoms with Crippen molar-refractivity contribution in [2.24, 2.45) is 0 Å². The SMILES string of the molecule is CC(C)(C)[S@+]([O-])NC(Cc1cc(F)cc(F)c1)c1cnc(-c2ccc(Cl)cc2)o1. The van der Waals surface area contributed by atoms with Crippen molar-refractivity contribution in [3.05, 3.63) is 76.6 Å². The van der Waals surface area contributed by atoms with Gasteiger partial charge in [0.05, 0.1) is 6.20 Å². The summed E-state index contributed by atoms with van der Waals surface area (Å²) in [6.07, 6.45) is 1.70. The molecule has 0 aliphatic heterocycles. The lowest BCUT2D eigenvalue weighted by Crippen LogP contribution is -2.41. The molecule has 0 saturated heterocycles. The molecule has 0 aliphatic carbocycles. The van der Waals surface area contributed by atoms with Gasteiger partial charge in [-0.25, -0.2) is 13.8 Å². The van der Waals surface area contributed by atoms with Crippen LogP contribution in [0.2, 0.25) is 5.02 Å². The van der Waals surface area contributed by atoms with Gasteiger partial charge in [0.1, 0.15) is 28.2 Å². The molecule has 0 amide bonds. The van der Waals surface area contributed by atoms with Gasteiger partial charge in [0.25, 0.3) is 0 Å². The molecule has 1 N–H and O–H groups in total. The Balaban J connectivity index is 1.91. The molecule has 3 aromatic rings. The van der Waals surface area contributed by atoms with Crippen LogP contribution in [0.3, 0.4) is 0 Å². The fourth-order valence-corrected chi connectivity index (χ4v) is 3.58. The molecule has 154 valence electrons. The largest absolute Gasteiger partial charge is 0.598 e. The summed E-state index contributed by atoms with van der Waals surface area (Å²) in [6, 6.07) is 9.70. The highest BCUT2D eigenvalue weighted by molar-refractivity contribution is 7.90. The maximum absolute atomic E-state index is 13.6. The Hall–Kier alpha value is -1.93. The predicted octanol–water partition coefficient (Wildman–Crippen LogP) is 5.61. The molecular weight excluding hydrogens is 418 g/mol. The van der Waals surface area contributed by atoms with E-state index in [1.54, 1.807) is 24.3 Å². The average molecular weight is 439 g/mol. The first kappa shape index (κ1) is 21.8. The smallest absolute Gasteiger partial charge is 0.226 e. The number of aromatic nitrogens is 1. The summed E-state index contributed by atoms with van der Waals surface area (Å²) in [4.78, 5) is 4.29. The third kappa shape index (κ3) is 5.79. The molecule has 8 heteroatoms. The van der Waals surface area contributed by atoms with Crippen LogP contribution in [-0.2, 0) is 17.8 Å².